The van der Waals surface area contributed by atoms with E-state index in [0.717, 1.165) is 42.5 Å². The van der Waals surface area contributed by atoms with Crippen molar-refractivity contribution >= 4 is 0 Å². The molecule has 0 spiro atoms. The van der Waals surface area contributed by atoms with Gasteiger partial charge in [0.1, 0.15) is 40.6 Å². The molecule has 0 saturated heterocycles. The SMILES string of the molecule is CO[C@H](Cc1c(O)cc(O)cc1O)[C@@H](c1cc(O)c(O)c(O)c1)c1c(O)cc(O)c2c1O[C@H](c1cc(O)c(O)c(O)c1)[C@H](OC)C2. The lowest BCUT2D eigenvalue weighted by atomic mass is 9.80. The fourth-order valence-electron chi connectivity index (χ4n) is 5.86. The molecule has 0 amide bonds. The van der Waals surface area contributed by atoms with Gasteiger partial charge < -0.3 is 70.4 Å². The minimum atomic E-state index is -1.24. The highest BCUT2D eigenvalue weighted by Gasteiger charge is 2.41. The number of hydrogen-bond donors (Lipinski definition) is 11. The van der Waals surface area contributed by atoms with Crippen molar-refractivity contribution in [2.75, 3.05) is 14.2 Å². The summed E-state index contributed by atoms with van der Waals surface area (Å²) in [4.78, 5) is 0. The molecule has 11 N–H and O–H groups in total. The van der Waals surface area contributed by atoms with Crippen molar-refractivity contribution in [3.05, 3.63) is 70.3 Å². The van der Waals surface area contributed by atoms with Gasteiger partial charge in [0, 0.05) is 73.4 Å². The van der Waals surface area contributed by atoms with Crippen molar-refractivity contribution in [1.29, 1.82) is 0 Å². The van der Waals surface area contributed by atoms with E-state index in [1.807, 2.05) is 0 Å². The molecule has 46 heavy (non-hydrogen) atoms. The largest absolute Gasteiger partial charge is 0.508 e. The van der Waals surface area contributed by atoms with E-state index < -0.39 is 81.7 Å². The molecule has 4 atom stereocenters. The van der Waals surface area contributed by atoms with Crippen LogP contribution in [0.15, 0.2) is 42.5 Å². The first-order valence-electron chi connectivity index (χ1n) is 13.8. The predicted octanol–water partition coefficient (Wildman–Crippen LogP) is 3.53. The van der Waals surface area contributed by atoms with E-state index in [2.05, 4.69) is 0 Å². The van der Waals surface area contributed by atoms with Gasteiger partial charge in [-0.05, 0) is 29.8 Å². The Morgan fingerprint density at radius 1 is 0.674 bits per heavy atom. The second-order valence-electron chi connectivity index (χ2n) is 10.9. The number of hydrogen-bond acceptors (Lipinski definition) is 14. The summed E-state index contributed by atoms with van der Waals surface area (Å²) in [5, 5.41) is 114. The highest BCUT2D eigenvalue weighted by atomic mass is 16.5. The Labute approximate surface area is 261 Å². The van der Waals surface area contributed by atoms with Crippen molar-refractivity contribution in [3.8, 4) is 69.0 Å². The van der Waals surface area contributed by atoms with Crippen LogP contribution in [0.5, 0.6) is 69.0 Å². The molecular formula is C32H32O14. The quantitative estimate of drug-likeness (QED) is 0.123. The number of methoxy groups -OCH3 is 2. The molecule has 0 fully saturated rings. The van der Waals surface area contributed by atoms with Gasteiger partial charge in [-0.1, -0.05) is 0 Å². The Morgan fingerprint density at radius 2 is 1.22 bits per heavy atom. The first-order chi connectivity index (χ1) is 21.7. The second kappa shape index (κ2) is 12.1. The standard InChI is InChI=1S/C32H32O14/c1-44-25(9-15-17(34)7-14(33)8-18(15)35)27(12-3-21(38)29(42)22(39)4-12)28-20(37)11-19(36)16-10-26(45-2)31(46-32(16)28)13-5-23(40)30(43)24(41)6-13/h3-8,11,25-27,31,33-43H,9-10H2,1-2H3/t25-,26-,27-,31-/m1/s1. The lowest BCUT2D eigenvalue weighted by Gasteiger charge is -2.37. The number of ether oxygens (including phenoxy) is 3. The van der Waals surface area contributed by atoms with Crippen molar-refractivity contribution in [1.82, 2.24) is 0 Å². The molecule has 1 aliphatic heterocycles. The van der Waals surface area contributed by atoms with Gasteiger partial charge >= 0.3 is 0 Å². The average molecular weight is 641 g/mol. The maximum Gasteiger partial charge on any atom is 0.200 e. The van der Waals surface area contributed by atoms with Crippen LogP contribution in [0, 0.1) is 0 Å². The fourth-order valence-corrected chi connectivity index (χ4v) is 5.86. The molecule has 14 heteroatoms. The van der Waals surface area contributed by atoms with Gasteiger partial charge in [0.15, 0.2) is 40.6 Å². The molecule has 0 unspecified atom stereocenters. The zero-order valence-corrected chi connectivity index (χ0v) is 24.4. The van der Waals surface area contributed by atoms with Crippen LogP contribution in [-0.2, 0) is 22.3 Å². The Morgan fingerprint density at radius 3 is 1.74 bits per heavy atom. The van der Waals surface area contributed by atoms with Gasteiger partial charge in [-0.2, -0.15) is 0 Å². The van der Waals surface area contributed by atoms with E-state index in [9.17, 15) is 56.2 Å². The third-order valence-electron chi connectivity index (χ3n) is 8.12. The molecule has 244 valence electrons. The highest BCUT2D eigenvalue weighted by molar-refractivity contribution is 5.64. The first-order valence-corrected chi connectivity index (χ1v) is 13.8. The van der Waals surface area contributed by atoms with Gasteiger partial charge in [-0.3, -0.25) is 0 Å². The molecule has 1 heterocycles. The predicted molar refractivity (Wildman–Crippen MR) is 158 cm³/mol. The Bertz CT molecular complexity index is 1730. The van der Waals surface area contributed by atoms with E-state index in [-0.39, 0.29) is 52.2 Å². The number of aromatic hydroxyl groups is 11. The van der Waals surface area contributed by atoms with Crippen molar-refractivity contribution in [3.63, 3.8) is 0 Å². The van der Waals surface area contributed by atoms with Crippen LogP contribution < -0.4 is 4.74 Å². The monoisotopic (exact) mass is 640 g/mol. The van der Waals surface area contributed by atoms with Crippen LogP contribution in [0.1, 0.15) is 39.8 Å². The van der Waals surface area contributed by atoms with Gasteiger partial charge in [-0.25, -0.2) is 0 Å². The summed E-state index contributed by atoms with van der Waals surface area (Å²) >= 11 is 0. The summed E-state index contributed by atoms with van der Waals surface area (Å²) in [6, 6.07) is 7.50. The van der Waals surface area contributed by atoms with E-state index in [1.165, 1.54) is 14.2 Å². The van der Waals surface area contributed by atoms with E-state index >= 15 is 0 Å². The number of phenols is 11. The van der Waals surface area contributed by atoms with Crippen LogP contribution in [0.2, 0.25) is 0 Å². The minimum Gasteiger partial charge on any atom is -0.508 e. The maximum atomic E-state index is 11.4. The van der Waals surface area contributed by atoms with Crippen molar-refractivity contribution in [2.24, 2.45) is 0 Å². The van der Waals surface area contributed by atoms with Gasteiger partial charge in [0.25, 0.3) is 0 Å². The summed E-state index contributed by atoms with van der Waals surface area (Å²) in [6.45, 7) is 0. The third kappa shape index (κ3) is 5.55. The molecule has 0 aliphatic carbocycles. The Balaban J connectivity index is 1.75. The molecular weight excluding hydrogens is 608 g/mol. The van der Waals surface area contributed by atoms with E-state index in [0.29, 0.717) is 0 Å². The average Bonchev–Trinajstić information content (AvgIpc) is 2.99. The van der Waals surface area contributed by atoms with Crippen molar-refractivity contribution < 1.29 is 70.4 Å². The first kappa shape index (κ1) is 31.8. The molecule has 1 aliphatic rings. The zero-order chi connectivity index (χ0) is 33.6. The number of benzene rings is 4. The lowest BCUT2D eigenvalue weighted by Crippen LogP contribution is -2.34. The Hall–Kier alpha value is -5.60. The van der Waals surface area contributed by atoms with Crippen LogP contribution in [0.4, 0.5) is 0 Å². The van der Waals surface area contributed by atoms with Crippen molar-refractivity contribution in [2.45, 2.75) is 37.1 Å². The minimum absolute atomic E-state index is 0.0337. The summed E-state index contributed by atoms with van der Waals surface area (Å²) in [7, 11) is 2.65. The maximum absolute atomic E-state index is 11.4. The molecule has 0 bridgehead atoms. The second-order valence-corrected chi connectivity index (χ2v) is 10.9. The van der Waals surface area contributed by atoms with Crippen LogP contribution in [0.3, 0.4) is 0 Å². The number of phenolic OH excluding ortho intramolecular Hbond substituents is 11. The van der Waals surface area contributed by atoms with Crippen LogP contribution >= 0.6 is 0 Å². The number of fused-ring (bicyclic) bond motifs is 1. The molecule has 14 nitrogen and oxygen atoms in total. The third-order valence-corrected chi connectivity index (χ3v) is 8.12. The highest BCUT2D eigenvalue weighted by Crippen LogP contribution is 2.53. The van der Waals surface area contributed by atoms with Gasteiger partial charge in [0.2, 0.25) is 0 Å². The number of rotatable bonds is 8. The van der Waals surface area contributed by atoms with Gasteiger partial charge in [-0.15, -0.1) is 0 Å². The lowest BCUT2D eigenvalue weighted by molar-refractivity contribution is -0.0136. The smallest absolute Gasteiger partial charge is 0.200 e. The molecule has 4 aromatic rings. The van der Waals surface area contributed by atoms with E-state index in [4.69, 9.17) is 14.2 Å². The summed E-state index contributed by atoms with van der Waals surface area (Å²) in [5.74, 6) is -8.03. The zero-order valence-electron chi connectivity index (χ0n) is 24.4. The molecule has 0 saturated carbocycles. The molecule has 5 rings (SSSR count). The van der Waals surface area contributed by atoms with Crippen LogP contribution in [-0.4, -0.2) is 82.6 Å². The van der Waals surface area contributed by atoms with Crippen LogP contribution in [0.25, 0.3) is 0 Å². The van der Waals surface area contributed by atoms with Gasteiger partial charge in [0.05, 0.1) is 6.10 Å². The summed E-state index contributed by atoms with van der Waals surface area (Å²) in [6.07, 6.45) is -3.42. The topological polar surface area (TPSA) is 250 Å². The summed E-state index contributed by atoms with van der Waals surface area (Å²) < 4.78 is 17.7. The normalized spacial score (nSPS) is 17.2. The summed E-state index contributed by atoms with van der Waals surface area (Å²) in [5.41, 5.74) is 0.230. The fraction of sp³-hybridized carbons (Fsp3) is 0.250. The molecule has 0 aromatic heterocycles. The van der Waals surface area contributed by atoms with E-state index in [1.54, 1.807) is 0 Å². The Kier molecular flexibility index (Phi) is 8.34. The molecule has 0 radical (unpaired) electrons. The molecule has 4 aromatic carbocycles.